The zero-order valence-corrected chi connectivity index (χ0v) is 15.1. The van der Waals surface area contributed by atoms with Crippen molar-refractivity contribution in [3.63, 3.8) is 0 Å². The standard InChI is InChI=1S/C20H25N3O2/c1-13(2)18(23-20(25)22-16-8-6-5-7-9-16)19(24)21-17-11-14(3)10-15(4)12-17/h5-13,18H,1-4H3,(H,21,24)(H2,22,23,25). The van der Waals surface area contributed by atoms with Crippen LogP contribution in [0.2, 0.25) is 0 Å². The second-order valence-corrected chi connectivity index (χ2v) is 6.55. The predicted molar refractivity (Wildman–Crippen MR) is 102 cm³/mol. The van der Waals surface area contributed by atoms with Crippen LogP contribution in [0.3, 0.4) is 0 Å². The van der Waals surface area contributed by atoms with Crippen LogP contribution in [-0.2, 0) is 4.79 Å². The van der Waals surface area contributed by atoms with Gasteiger partial charge in [-0.2, -0.15) is 0 Å². The monoisotopic (exact) mass is 339 g/mol. The highest BCUT2D eigenvalue weighted by molar-refractivity contribution is 5.99. The third kappa shape index (κ3) is 5.64. The van der Waals surface area contributed by atoms with Crippen LogP contribution in [0.5, 0.6) is 0 Å². The number of hydrogen-bond acceptors (Lipinski definition) is 2. The molecule has 2 aromatic rings. The van der Waals surface area contributed by atoms with E-state index < -0.39 is 12.1 Å². The number of para-hydroxylation sites is 1. The molecule has 0 bridgehead atoms. The average Bonchev–Trinajstić information content (AvgIpc) is 2.52. The Morgan fingerprint density at radius 2 is 1.44 bits per heavy atom. The lowest BCUT2D eigenvalue weighted by Crippen LogP contribution is -2.48. The molecule has 132 valence electrons. The number of benzene rings is 2. The van der Waals surface area contributed by atoms with E-state index >= 15 is 0 Å². The first kappa shape index (κ1) is 18.5. The van der Waals surface area contributed by atoms with E-state index in [1.165, 1.54) is 0 Å². The highest BCUT2D eigenvalue weighted by atomic mass is 16.2. The number of carbonyl (C=O) groups is 2. The van der Waals surface area contributed by atoms with E-state index in [2.05, 4.69) is 16.0 Å². The van der Waals surface area contributed by atoms with Crippen molar-refractivity contribution in [2.24, 2.45) is 5.92 Å². The van der Waals surface area contributed by atoms with Crippen molar-refractivity contribution in [3.05, 3.63) is 59.7 Å². The summed E-state index contributed by atoms with van der Waals surface area (Å²) in [7, 11) is 0. The van der Waals surface area contributed by atoms with Crippen LogP contribution in [-0.4, -0.2) is 18.0 Å². The van der Waals surface area contributed by atoms with Gasteiger partial charge in [-0.15, -0.1) is 0 Å². The van der Waals surface area contributed by atoms with Gasteiger partial charge >= 0.3 is 6.03 Å². The Balaban J connectivity index is 2.03. The van der Waals surface area contributed by atoms with Crippen LogP contribution in [0.15, 0.2) is 48.5 Å². The highest BCUT2D eigenvalue weighted by Crippen LogP contribution is 2.15. The molecule has 0 heterocycles. The van der Waals surface area contributed by atoms with E-state index in [1.54, 1.807) is 12.1 Å². The van der Waals surface area contributed by atoms with Crippen molar-refractivity contribution in [1.82, 2.24) is 5.32 Å². The summed E-state index contributed by atoms with van der Waals surface area (Å²) in [5.74, 6) is -0.282. The number of nitrogens with one attached hydrogen (secondary N) is 3. The summed E-state index contributed by atoms with van der Waals surface area (Å²) in [6, 6.07) is 13.9. The van der Waals surface area contributed by atoms with Gasteiger partial charge in [0.1, 0.15) is 6.04 Å². The summed E-state index contributed by atoms with van der Waals surface area (Å²) < 4.78 is 0. The molecule has 3 amide bonds. The van der Waals surface area contributed by atoms with Gasteiger partial charge in [-0.05, 0) is 55.2 Å². The number of carbonyl (C=O) groups excluding carboxylic acids is 2. The number of urea groups is 1. The summed E-state index contributed by atoms with van der Waals surface area (Å²) in [5, 5.41) is 8.38. The van der Waals surface area contributed by atoms with Gasteiger partial charge in [0.05, 0.1) is 0 Å². The summed E-state index contributed by atoms with van der Waals surface area (Å²) in [5.41, 5.74) is 3.56. The number of hydrogen-bond donors (Lipinski definition) is 3. The van der Waals surface area contributed by atoms with Gasteiger partial charge in [-0.3, -0.25) is 4.79 Å². The smallest absolute Gasteiger partial charge is 0.319 e. The van der Waals surface area contributed by atoms with E-state index in [-0.39, 0.29) is 11.8 Å². The van der Waals surface area contributed by atoms with Crippen molar-refractivity contribution in [3.8, 4) is 0 Å². The van der Waals surface area contributed by atoms with Gasteiger partial charge in [0, 0.05) is 11.4 Å². The first-order valence-electron chi connectivity index (χ1n) is 8.37. The minimum atomic E-state index is -0.635. The van der Waals surface area contributed by atoms with Crippen LogP contribution < -0.4 is 16.0 Å². The third-order valence-electron chi connectivity index (χ3n) is 3.76. The Labute approximate surface area is 148 Å². The molecular formula is C20H25N3O2. The Kier molecular flexibility index (Phi) is 6.17. The maximum Gasteiger partial charge on any atom is 0.319 e. The highest BCUT2D eigenvalue weighted by Gasteiger charge is 2.24. The number of aryl methyl sites for hydroxylation is 2. The molecule has 0 aromatic heterocycles. The topological polar surface area (TPSA) is 70.2 Å². The summed E-state index contributed by atoms with van der Waals surface area (Å²) >= 11 is 0. The molecule has 1 atom stereocenters. The summed E-state index contributed by atoms with van der Waals surface area (Å²) in [4.78, 5) is 24.8. The zero-order valence-electron chi connectivity index (χ0n) is 15.1. The van der Waals surface area contributed by atoms with Crippen LogP contribution in [0.25, 0.3) is 0 Å². The Morgan fingerprint density at radius 1 is 0.840 bits per heavy atom. The van der Waals surface area contributed by atoms with Gasteiger partial charge in [-0.1, -0.05) is 38.1 Å². The molecule has 0 saturated heterocycles. The predicted octanol–water partition coefficient (Wildman–Crippen LogP) is 4.09. The Bertz CT molecular complexity index is 722. The van der Waals surface area contributed by atoms with Crippen molar-refractivity contribution < 1.29 is 9.59 Å². The largest absolute Gasteiger partial charge is 0.326 e. The average molecular weight is 339 g/mol. The Hall–Kier alpha value is -2.82. The molecule has 25 heavy (non-hydrogen) atoms. The van der Waals surface area contributed by atoms with E-state index in [9.17, 15) is 9.59 Å². The molecule has 5 nitrogen and oxygen atoms in total. The number of rotatable bonds is 5. The molecule has 2 rings (SSSR count). The molecule has 0 fully saturated rings. The molecule has 0 aliphatic heterocycles. The summed E-state index contributed by atoms with van der Waals surface area (Å²) in [6.45, 7) is 7.76. The fraction of sp³-hybridized carbons (Fsp3) is 0.300. The molecular weight excluding hydrogens is 314 g/mol. The first-order valence-corrected chi connectivity index (χ1v) is 8.37. The zero-order chi connectivity index (χ0) is 18.4. The fourth-order valence-corrected chi connectivity index (χ4v) is 2.63. The molecule has 0 radical (unpaired) electrons. The third-order valence-corrected chi connectivity index (χ3v) is 3.76. The van der Waals surface area contributed by atoms with Gasteiger partial charge < -0.3 is 16.0 Å². The normalized spacial score (nSPS) is 11.7. The molecule has 1 unspecified atom stereocenters. The number of amides is 3. The van der Waals surface area contributed by atoms with Crippen molar-refractivity contribution in [2.45, 2.75) is 33.7 Å². The van der Waals surface area contributed by atoms with E-state index in [0.717, 1.165) is 16.8 Å². The first-order chi connectivity index (χ1) is 11.8. The number of anilines is 2. The molecule has 2 aromatic carbocycles. The molecule has 0 aliphatic rings. The van der Waals surface area contributed by atoms with E-state index in [0.29, 0.717) is 5.69 Å². The van der Waals surface area contributed by atoms with Crippen LogP contribution in [0.1, 0.15) is 25.0 Å². The Morgan fingerprint density at radius 3 is 2.00 bits per heavy atom. The van der Waals surface area contributed by atoms with Crippen LogP contribution in [0, 0.1) is 19.8 Å². The lowest BCUT2D eigenvalue weighted by atomic mass is 10.0. The molecule has 3 N–H and O–H groups in total. The maximum absolute atomic E-state index is 12.6. The van der Waals surface area contributed by atoms with E-state index in [4.69, 9.17) is 0 Å². The van der Waals surface area contributed by atoms with Crippen molar-refractivity contribution in [2.75, 3.05) is 10.6 Å². The molecule has 0 spiro atoms. The SMILES string of the molecule is Cc1cc(C)cc(NC(=O)C(NC(=O)Nc2ccccc2)C(C)C)c1. The molecule has 5 heteroatoms. The second-order valence-electron chi connectivity index (χ2n) is 6.55. The molecule has 0 saturated carbocycles. The second kappa shape index (κ2) is 8.33. The lowest BCUT2D eigenvalue weighted by molar-refractivity contribution is -0.118. The van der Waals surface area contributed by atoms with Crippen molar-refractivity contribution in [1.29, 1.82) is 0 Å². The van der Waals surface area contributed by atoms with Crippen LogP contribution in [0.4, 0.5) is 16.2 Å². The van der Waals surface area contributed by atoms with Gasteiger partial charge in [0.25, 0.3) is 0 Å². The fourth-order valence-electron chi connectivity index (χ4n) is 2.63. The van der Waals surface area contributed by atoms with Crippen molar-refractivity contribution >= 4 is 23.3 Å². The quantitative estimate of drug-likeness (QED) is 0.768. The lowest BCUT2D eigenvalue weighted by Gasteiger charge is -2.22. The van der Waals surface area contributed by atoms with Gasteiger partial charge in [-0.25, -0.2) is 4.79 Å². The van der Waals surface area contributed by atoms with E-state index in [1.807, 2.05) is 64.1 Å². The van der Waals surface area contributed by atoms with Gasteiger partial charge in [0.2, 0.25) is 5.91 Å². The van der Waals surface area contributed by atoms with Gasteiger partial charge in [0.15, 0.2) is 0 Å². The maximum atomic E-state index is 12.6. The minimum absolute atomic E-state index is 0.0487. The van der Waals surface area contributed by atoms with Crippen LogP contribution >= 0.6 is 0 Å². The molecule has 0 aliphatic carbocycles. The minimum Gasteiger partial charge on any atom is -0.326 e. The summed E-state index contributed by atoms with van der Waals surface area (Å²) in [6.07, 6.45) is 0.